The maximum atomic E-state index is 12.4. The number of aromatic nitrogens is 6. The molecular weight excluding hydrogens is 312 g/mol. The lowest BCUT2D eigenvalue weighted by molar-refractivity contribution is 0.0966. The number of hydrogen-bond acceptors (Lipinski definition) is 9. The van der Waals surface area contributed by atoms with E-state index >= 15 is 0 Å². The van der Waals surface area contributed by atoms with E-state index in [9.17, 15) is 4.79 Å². The SMILES string of the molecule is O=C(c1cc(-c2cccnn2)no1)c1cc(-c2cccnn2)no1. The summed E-state index contributed by atoms with van der Waals surface area (Å²) in [5, 5.41) is 22.9. The second kappa shape index (κ2) is 5.80. The molecule has 0 radical (unpaired) electrons. The van der Waals surface area contributed by atoms with E-state index in [0.717, 1.165) is 0 Å². The van der Waals surface area contributed by atoms with Gasteiger partial charge in [0.05, 0.1) is 0 Å². The summed E-state index contributed by atoms with van der Waals surface area (Å²) in [5.41, 5.74) is 1.80. The molecule has 9 nitrogen and oxygen atoms in total. The molecule has 0 unspecified atom stereocenters. The van der Waals surface area contributed by atoms with Gasteiger partial charge in [0, 0.05) is 24.5 Å². The van der Waals surface area contributed by atoms with Crippen molar-refractivity contribution in [3.8, 4) is 22.8 Å². The van der Waals surface area contributed by atoms with Crippen LogP contribution in [0.5, 0.6) is 0 Å². The fourth-order valence-corrected chi connectivity index (χ4v) is 2.00. The third-order valence-electron chi connectivity index (χ3n) is 3.14. The molecule has 0 amide bonds. The topological polar surface area (TPSA) is 121 Å². The molecule has 0 saturated heterocycles. The first-order valence-electron chi connectivity index (χ1n) is 6.85. The molecule has 0 aliphatic heterocycles. The molecule has 4 aromatic heterocycles. The van der Waals surface area contributed by atoms with E-state index in [1.807, 2.05) is 0 Å². The molecule has 0 spiro atoms. The zero-order chi connectivity index (χ0) is 16.4. The highest BCUT2D eigenvalue weighted by atomic mass is 16.5. The first-order chi connectivity index (χ1) is 11.8. The van der Waals surface area contributed by atoms with Crippen LogP contribution in [0.15, 0.2) is 57.8 Å². The lowest BCUT2D eigenvalue weighted by Gasteiger charge is -1.89. The van der Waals surface area contributed by atoms with E-state index in [1.54, 1.807) is 24.3 Å². The van der Waals surface area contributed by atoms with Crippen LogP contribution in [0.4, 0.5) is 0 Å². The predicted octanol–water partition coefficient (Wildman–Crippen LogP) is 1.81. The second-order valence-electron chi connectivity index (χ2n) is 4.70. The van der Waals surface area contributed by atoms with Gasteiger partial charge < -0.3 is 9.05 Å². The van der Waals surface area contributed by atoms with E-state index in [2.05, 4.69) is 30.7 Å². The predicted molar refractivity (Wildman–Crippen MR) is 78.5 cm³/mol. The first kappa shape index (κ1) is 13.9. The van der Waals surface area contributed by atoms with Gasteiger partial charge in [-0.05, 0) is 24.3 Å². The second-order valence-corrected chi connectivity index (χ2v) is 4.70. The van der Waals surface area contributed by atoms with Gasteiger partial charge in [-0.3, -0.25) is 4.79 Å². The molecule has 0 atom stereocenters. The Hall–Kier alpha value is -3.75. The van der Waals surface area contributed by atoms with Crippen LogP contribution in [-0.4, -0.2) is 36.5 Å². The monoisotopic (exact) mass is 320 g/mol. The zero-order valence-electron chi connectivity index (χ0n) is 12.0. The van der Waals surface area contributed by atoms with Crippen LogP contribution in [0.3, 0.4) is 0 Å². The lowest BCUT2D eigenvalue weighted by atomic mass is 10.2. The molecule has 0 aliphatic carbocycles. The summed E-state index contributed by atoms with van der Waals surface area (Å²) in [6.07, 6.45) is 3.08. The Morgan fingerprint density at radius 1 is 0.750 bits per heavy atom. The first-order valence-corrected chi connectivity index (χ1v) is 6.85. The van der Waals surface area contributed by atoms with Crippen LogP contribution in [0, 0.1) is 0 Å². The molecular formula is C15H8N6O3. The Bertz CT molecular complexity index is 901. The van der Waals surface area contributed by atoms with Gasteiger partial charge in [0.1, 0.15) is 22.8 Å². The Morgan fingerprint density at radius 3 is 1.67 bits per heavy atom. The van der Waals surface area contributed by atoms with Crippen molar-refractivity contribution in [3.63, 3.8) is 0 Å². The summed E-state index contributed by atoms with van der Waals surface area (Å²) in [6, 6.07) is 9.78. The van der Waals surface area contributed by atoms with Gasteiger partial charge in [-0.1, -0.05) is 10.3 Å². The fraction of sp³-hybridized carbons (Fsp3) is 0. The number of carbonyl (C=O) groups excluding carboxylic acids is 1. The highest BCUT2D eigenvalue weighted by Gasteiger charge is 2.21. The van der Waals surface area contributed by atoms with Crippen molar-refractivity contribution in [2.75, 3.05) is 0 Å². The zero-order valence-corrected chi connectivity index (χ0v) is 12.0. The molecule has 116 valence electrons. The normalized spacial score (nSPS) is 10.7. The van der Waals surface area contributed by atoms with Crippen LogP contribution in [-0.2, 0) is 0 Å². The molecule has 0 aromatic carbocycles. The Morgan fingerprint density at radius 2 is 1.25 bits per heavy atom. The van der Waals surface area contributed by atoms with E-state index in [-0.39, 0.29) is 11.5 Å². The number of rotatable bonds is 4. The van der Waals surface area contributed by atoms with Crippen LogP contribution in [0.2, 0.25) is 0 Å². The highest BCUT2D eigenvalue weighted by Crippen LogP contribution is 2.21. The molecule has 9 heteroatoms. The molecule has 0 fully saturated rings. The summed E-state index contributed by atoms with van der Waals surface area (Å²) in [7, 11) is 0. The van der Waals surface area contributed by atoms with Crippen molar-refractivity contribution in [3.05, 3.63) is 60.3 Å². The minimum atomic E-state index is -0.486. The number of nitrogens with zero attached hydrogens (tertiary/aromatic N) is 6. The van der Waals surface area contributed by atoms with Gasteiger partial charge in [0.25, 0.3) is 5.78 Å². The van der Waals surface area contributed by atoms with E-state index < -0.39 is 5.78 Å². The Kier molecular flexibility index (Phi) is 3.35. The molecule has 0 bridgehead atoms. The van der Waals surface area contributed by atoms with Crippen molar-refractivity contribution >= 4 is 5.78 Å². The Labute approximate surface area is 134 Å². The highest BCUT2D eigenvalue weighted by molar-refractivity contribution is 6.05. The largest absolute Gasteiger partial charge is 0.352 e. The minimum absolute atomic E-state index is 0.0116. The fourth-order valence-electron chi connectivity index (χ4n) is 2.00. The lowest BCUT2D eigenvalue weighted by Crippen LogP contribution is -1.97. The summed E-state index contributed by atoms with van der Waals surface area (Å²) < 4.78 is 10.1. The van der Waals surface area contributed by atoms with Gasteiger partial charge in [-0.25, -0.2) is 0 Å². The summed E-state index contributed by atoms with van der Waals surface area (Å²) in [5.74, 6) is -0.463. The number of hydrogen-bond donors (Lipinski definition) is 0. The van der Waals surface area contributed by atoms with Crippen molar-refractivity contribution in [2.45, 2.75) is 0 Å². The summed E-state index contributed by atoms with van der Waals surface area (Å²) in [4.78, 5) is 12.4. The van der Waals surface area contributed by atoms with E-state index in [4.69, 9.17) is 9.05 Å². The van der Waals surface area contributed by atoms with Crippen molar-refractivity contribution in [1.29, 1.82) is 0 Å². The maximum Gasteiger partial charge on any atom is 0.269 e. The van der Waals surface area contributed by atoms with Crippen LogP contribution in [0.25, 0.3) is 22.8 Å². The smallest absolute Gasteiger partial charge is 0.269 e. The van der Waals surface area contributed by atoms with Gasteiger partial charge >= 0.3 is 0 Å². The average Bonchev–Trinajstić information content (AvgIpc) is 3.33. The standard InChI is InChI=1S/C15H8N6O3/c22-15(13-7-11(20-23-13)9-3-1-5-16-18-9)14-8-12(21-24-14)10-4-2-6-17-19-10/h1-8H. The minimum Gasteiger partial charge on any atom is -0.352 e. The van der Waals surface area contributed by atoms with E-state index in [0.29, 0.717) is 22.8 Å². The van der Waals surface area contributed by atoms with Gasteiger partial charge in [-0.2, -0.15) is 10.2 Å². The van der Waals surface area contributed by atoms with Crippen molar-refractivity contribution < 1.29 is 13.8 Å². The van der Waals surface area contributed by atoms with Gasteiger partial charge in [0.2, 0.25) is 11.5 Å². The number of ketones is 1. The third kappa shape index (κ3) is 2.54. The molecule has 4 rings (SSSR count). The maximum absolute atomic E-state index is 12.4. The van der Waals surface area contributed by atoms with Crippen LogP contribution < -0.4 is 0 Å². The molecule has 0 saturated carbocycles. The molecule has 4 heterocycles. The number of carbonyl (C=O) groups is 1. The van der Waals surface area contributed by atoms with Gasteiger partial charge in [-0.15, -0.1) is 10.2 Å². The van der Waals surface area contributed by atoms with Gasteiger partial charge in [0.15, 0.2) is 0 Å². The summed E-state index contributed by atoms with van der Waals surface area (Å²) in [6.45, 7) is 0. The molecule has 0 N–H and O–H groups in total. The summed E-state index contributed by atoms with van der Waals surface area (Å²) >= 11 is 0. The van der Waals surface area contributed by atoms with Crippen molar-refractivity contribution in [1.82, 2.24) is 30.7 Å². The van der Waals surface area contributed by atoms with Crippen LogP contribution >= 0.6 is 0 Å². The Balaban J connectivity index is 1.61. The third-order valence-corrected chi connectivity index (χ3v) is 3.14. The average molecular weight is 320 g/mol. The molecule has 0 aliphatic rings. The van der Waals surface area contributed by atoms with E-state index in [1.165, 1.54) is 24.5 Å². The van der Waals surface area contributed by atoms with Crippen LogP contribution in [0.1, 0.15) is 16.3 Å². The van der Waals surface area contributed by atoms with Crippen molar-refractivity contribution in [2.24, 2.45) is 0 Å². The molecule has 24 heavy (non-hydrogen) atoms. The molecule has 4 aromatic rings. The quantitative estimate of drug-likeness (QED) is 0.518.